The van der Waals surface area contributed by atoms with E-state index in [2.05, 4.69) is 13.0 Å². The van der Waals surface area contributed by atoms with Crippen LogP contribution in [0.3, 0.4) is 0 Å². The SMILES string of the molecule is CCCC1CCCCN1C(=O)[C@H]1C2C=CC(C2)[C@H]1C(=O)O. The van der Waals surface area contributed by atoms with E-state index in [9.17, 15) is 14.7 Å². The van der Waals surface area contributed by atoms with Gasteiger partial charge in [0.25, 0.3) is 0 Å². The quantitative estimate of drug-likeness (QED) is 0.810. The minimum absolute atomic E-state index is 0.0656. The van der Waals surface area contributed by atoms with Crippen LogP contribution in [0.1, 0.15) is 45.4 Å². The van der Waals surface area contributed by atoms with Crippen LogP contribution in [0.15, 0.2) is 12.2 Å². The van der Waals surface area contributed by atoms with Gasteiger partial charge in [-0.05, 0) is 43.9 Å². The normalized spacial score (nSPS) is 38.0. The Morgan fingerprint density at radius 1 is 1.19 bits per heavy atom. The van der Waals surface area contributed by atoms with Gasteiger partial charge in [0.05, 0.1) is 11.8 Å². The third-order valence-corrected chi connectivity index (χ3v) is 5.56. The molecule has 3 rings (SSSR count). The zero-order valence-corrected chi connectivity index (χ0v) is 12.7. The fourth-order valence-corrected chi connectivity index (χ4v) is 4.61. The third-order valence-electron chi connectivity index (χ3n) is 5.56. The molecule has 0 aromatic heterocycles. The lowest BCUT2D eigenvalue weighted by Gasteiger charge is -2.39. The van der Waals surface area contributed by atoms with Crippen molar-refractivity contribution in [2.75, 3.05) is 6.54 Å². The summed E-state index contributed by atoms with van der Waals surface area (Å²) in [5.74, 6) is -1.30. The lowest BCUT2D eigenvalue weighted by molar-refractivity contribution is -0.152. The van der Waals surface area contributed by atoms with Crippen molar-refractivity contribution >= 4 is 11.9 Å². The smallest absolute Gasteiger partial charge is 0.307 e. The lowest BCUT2D eigenvalue weighted by atomic mass is 9.81. The van der Waals surface area contributed by atoms with Crippen LogP contribution >= 0.6 is 0 Å². The molecule has 116 valence electrons. The third kappa shape index (κ3) is 2.49. The van der Waals surface area contributed by atoms with Crippen LogP contribution in [0.5, 0.6) is 0 Å². The molecule has 0 spiro atoms. The number of carbonyl (C=O) groups is 2. The highest BCUT2D eigenvalue weighted by atomic mass is 16.4. The topological polar surface area (TPSA) is 57.6 Å². The van der Waals surface area contributed by atoms with Crippen molar-refractivity contribution in [3.8, 4) is 0 Å². The first-order valence-corrected chi connectivity index (χ1v) is 8.35. The number of likely N-dealkylation sites (tertiary alicyclic amines) is 1. The number of carbonyl (C=O) groups excluding carboxylic acids is 1. The number of carboxylic acids is 1. The van der Waals surface area contributed by atoms with E-state index >= 15 is 0 Å². The Labute approximate surface area is 126 Å². The highest BCUT2D eigenvalue weighted by molar-refractivity contribution is 5.87. The molecule has 21 heavy (non-hydrogen) atoms. The number of carboxylic acid groups (broad SMARTS) is 1. The van der Waals surface area contributed by atoms with Crippen LogP contribution in [-0.2, 0) is 9.59 Å². The summed E-state index contributed by atoms with van der Waals surface area (Å²) in [6.07, 6.45) is 10.4. The van der Waals surface area contributed by atoms with Crippen molar-refractivity contribution in [2.24, 2.45) is 23.7 Å². The van der Waals surface area contributed by atoms with Gasteiger partial charge in [0, 0.05) is 12.6 Å². The minimum atomic E-state index is -0.797. The summed E-state index contributed by atoms with van der Waals surface area (Å²) >= 11 is 0. The van der Waals surface area contributed by atoms with Crippen molar-refractivity contribution in [3.05, 3.63) is 12.2 Å². The second kappa shape index (κ2) is 5.82. The molecule has 3 aliphatic rings. The maximum Gasteiger partial charge on any atom is 0.307 e. The molecule has 0 radical (unpaired) electrons. The molecule has 2 aliphatic carbocycles. The van der Waals surface area contributed by atoms with Crippen molar-refractivity contribution in [2.45, 2.75) is 51.5 Å². The Balaban J connectivity index is 1.80. The van der Waals surface area contributed by atoms with Crippen molar-refractivity contribution < 1.29 is 14.7 Å². The summed E-state index contributed by atoms with van der Waals surface area (Å²) in [6, 6.07) is 0.328. The van der Waals surface area contributed by atoms with Gasteiger partial charge in [-0.1, -0.05) is 25.5 Å². The minimum Gasteiger partial charge on any atom is -0.481 e. The molecule has 0 aromatic carbocycles. The van der Waals surface area contributed by atoms with E-state index < -0.39 is 11.9 Å². The molecule has 1 N–H and O–H groups in total. The average Bonchev–Trinajstić information content (AvgIpc) is 3.08. The molecule has 1 heterocycles. The van der Waals surface area contributed by atoms with Crippen LogP contribution in [0, 0.1) is 23.7 Å². The van der Waals surface area contributed by atoms with E-state index in [1.807, 2.05) is 11.0 Å². The summed E-state index contributed by atoms with van der Waals surface area (Å²) in [5.41, 5.74) is 0. The van der Waals surface area contributed by atoms with Crippen LogP contribution in [0.4, 0.5) is 0 Å². The van der Waals surface area contributed by atoms with E-state index in [-0.39, 0.29) is 23.7 Å². The average molecular weight is 291 g/mol. The molecule has 4 nitrogen and oxygen atoms in total. The van der Waals surface area contributed by atoms with E-state index in [0.29, 0.717) is 6.04 Å². The molecule has 2 fully saturated rings. The second-order valence-electron chi connectivity index (χ2n) is 6.81. The molecule has 5 atom stereocenters. The molecule has 1 saturated carbocycles. The van der Waals surface area contributed by atoms with E-state index in [4.69, 9.17) is 0 Å². The van der Waals surface area contributed by atoms with Gasteiger partial charge in [-0.3, -0.25) is 9.59 Å². The van der Waals surface area contributed by atoms with Crippen molar-refractivity contribution in [1.82, 2.24) is 4.90 Å². The standard InChI is InChI=1S/C17H25NO3/c1-2-5-13-6-3-4-9-18(13)16(19)14-11-7-8-12(10-11)15(14)17(20)21/h7-8,11-15H,2-6,9-10H2,1H3,(H,20,21)/t11?,12?,13?,14-,15+/m0/s1. The Bertz CT molecular complexity index is 457. The zero-order valence-electron chi connectivity index (χ0n) is 12.7. The van der Waals surface area contributed by atoms with E-state index in [1.165, 1.54) is 6.42 Å². The molecule has 1 aliphatic heterocycles. The number of allylic oxidation sites excluding steroid dienone is 2. The summed E-state index contributed by atoms with van der Waals surface area (Å²) in [7, 11) is 0. The van der Waals surface area contributed by atoms with Gasteiger partial charge in [-0.15, -0.1) is 0 Å². The number of rotatable bonds is 4. The molecule has 0 aromatic rings. The largest absolute Gasteiger partial charge is 0.481 e. The fourth-order valence-electron chi connectivity index (χ4n) is 4.61. The Hall–Kier alpha value is -1.32. The van der Waals surface area contributed by atoms with Crippen LogP contribution in [-0.4, -0.2) is 34.5 Å². The summed E-state index contributed by atoms with van der Waals surface area (Å²) in [6.45, 7) is 2.96. The molecule has 3 unspecified atom stereocenters. The first kappa shape index (κ1) is 14.6. The van der Waals surface area contributed by atoms with Crippen LogP contribution in [0.25, 0.3) is 0 Å². The molecular weight excluding hydrogens is 266 g/mol. The Morgan fingerprint density at radius 3 is 2.57 bits per heavy atom. The number of hydrogen-bond acceptors (Lipinski definition) is 2. The number of hydrogen-bond donors (Lipinski definition) is 1. The Morgan fingerprint density at radius 2 is 1.90 bits per heavy atom. The van der Waals surface area contributed by atoms with Crippen LogP contribution < -0.4 is 0 Å². The number of fused-ring (bicyclic) bond motifs is 2. The first-order chi connectivity index (χ1) is 10.1. The highest BCUT2D eigenvalue weighted by Gasteiger charge is 2.53. The van der Waals surface area contributed by atoms with Crippen LogP contribution in [0.2, 0.25) is 0 Å². The lowest BCUT2D eigenvalue weighted by Crippen LogP contribution is -2.49. The van der Waals surface area contributed by atoms with Gasteiger partial charge in [0.15, 0.2) is 0 Å². The highest BCUT2D eigenvalue weighted by Crippen LogP contribution is 2.49. The molecular formula is C17H25NO3. The summed E-state index contributed by atoms with van der Waals surface area (Å²) < 4.78 is 0. The maximum atomic E-state index is 13.0. The van der Waals surface area contributed by atoms with E-state index in [1.54, 1.807) is 0 Å². The number of aliphatic carboxylic acids is 1. The van der Waals surface area contributed by atoms with Gasteiger partial charge in [0.2, 0.25) is 5.91 Å². The first-order valence-electron chi connectivity index (χ1n) is 8.35. The summed E-state index contributed by atoms with van der Waals surface area (Å²) in [5, 5.41) is 9.52. The van der Waals surface area contributed by atoms with Gasteiger partial charge in [0.1, 0.15) is 0 Å². The number of nitrogens with zero attached hydrogens (tertiary/aromatic N) is 1. The zero-order chi connectivity index (χ0) is 15.0. The number of amides is 1. The molecule has 1 saturated heterocycles. The van der Waals surface area contributed by atoms with Gasteiger partial charge in [-0.2, -0.15) is 0 Å². The van der Waals surface area contributed by atoms with Gasteiger partial charge < -0.3 is 10.0 Å². The Kier molecular flexibility index (Phi) is 4.05. The van der Waals surface area contributed by atoms with Gasteiger partial charge in [-0.25, -0.2) is 0 Å². The predicted octanol–water partition coefficient (Wildman–Crippen LogP) is 2.69. The predicted molar refractivity (Wildman–Crippen MR) is 79.6 cm³/mol. The van der Waals surface area contributed by atoms with Crippen molar-refractivity contribution in [1.29, 1.82) is 0 Å². The van der Waals surface area contributed by atoms with Crippen molar-refractivity contribution in [3.63, 3.8) is 0 Å². The fraction of sp³-hybridized carbons (Fsp3) is 0.765. The monoisotopic (exact) mass is 291 g/mol. The molecule has 1 amide bonds. The summed E-state index contributed by atoms with van der Waals surface area (Å²) in [4.78, 5) is 26.6. The second-order valence-corrected chi connectivity index (χ2v) is 6.81. The van der Waals surface area contributed by atoms with E-state index in [0.717, 1.165) is 38.6 Å². The molecule has 2 bridgehead atoms. The molecule has 4 heteroatoms. The van der Waals surface area contributed by atoms with Gasteiger partial charge >= 0.3 is 5.97 Å². The maximum absolute atomic E-state index is 13.0. The number of piperidine rings is 1.